The minimum absolute atomic E-state index is 0.0631. The number of nitrogens with one attached hydrogen (secondary N) is 4. The number of nitrogens with zero attached hydrogens (tertiary/aromatic N) is 4. The van der Waals surface area contributed by atoms with Gasteiger partial charge in [-0.25, -0.2) is 14.8 Å². The molecule has 5 N–H and O–H groups in total. The SMILES string of the molecule is CNC(C(=O)N1CC(C)CC1c1ncc(-c2ccc(-c3ccc(-c4ccc5nc([C@@H]6CCCN6C(=O)[C@@H](NC(=O)OC)C(C)C)[nH]c5c4)c4c3C3CCC3C4)cc2)[nH]1)C(C)C.O=CO. The van der Waals surface area contributed by atoms with Gasteiger partial charge in [-0.3, -0.25) is 14.4 Å². The van der Waals surface area contributed by atoms with Crippen molar-refractivity contribution in [3.63, 3.8) is 0 Å². The monoisotopic (exact) mass is 870 g/mol. The molecule has 338 valence electrons. The third-order valence-corrected chi connectivity index (χ3v) is 14.1. The molecule has 2 aromatic heterocycles. The normalized spacial score (nSPS) is 22.1. The van der Waals surface area contributed by atoms with Crippen molar-refractivity contribution in [3.8, 4) is 33.5 Å². The fourth-order valence-corrected chi connectivity index (χ4v) is 10.8. The number of ether oxygens (including phenoxy) is 1. The molecule has 14 heteroatoms. The van der Waals surface area contributed by atoms with Crippen molar-refractivity contribution >= 4 is 35.4 Å². The molecule has 0 bridgehead atoms. The molecule has 9 rings (SSSR count). The van der Waals surface area contributed by atoms with Gasteiger partial charge in [0.05, 0.1) is 48.2 Å². The number of alkyl carbamates (subject to hydrolysis) is 1. The second-order valence-corrected chi connectivity index (χ2v) is 18.8. The Morgan fingerprint density at radius 2 is 1.55 bits per heavy atom. The molecule has 2 aliphatic carbocycles. The van der Waals surface area contributed by atoms with Gasteiger partial charge in [-0.15, -0.1) is 0 Å². The topological polar surface area (TPSA) is 186 Å². The van der Waals surface area contributed by atoms with E-state index in [1.807, 2.05) is 36.9 Å². The Kier molecular flexibility index (Phi) is 13.0. The number of aromatic amines is 2. The van der Waals surface area contributed by atoms with Crippen molar-refractivity contribution in [1.82, 2.24) is 40.4 Å². The number of methoxy groups -OCH3 is 1. The molecule has 4 heterocycles. The first kappa shape index (κ1) is 44.6. The highest BCUT2D eigenvalue weighted by atomic mass is 16.5. The maximum Gasteiger partial charge on any atom is 0.407 e. The van der Waals surface area contributed by atoms with Crippen molar-refractivity contribution < 1.29 is 29.0 Å². The van der Waals surface area contributed by atoms with E-state index in [2.05, 4.69) is 96.0 Å². The number of hydrogen-bond acceptors (Lipinski definition) is 8. The molecule has 2 saturated heterocycles. The fraction of sp³-hybridized carbons (Fsp3) is 0.480. The van der Waals surface area contributed by atoms with Crippen LogP contribution in [0.5, 0.6) is 0 Å². The zero-order valence-corrected chi connectivity index (χ0v) is 38.0. The lowest BCUT2D eigenvalue weighted by Crippen LogP contribution is -2.51. The molecule has 3 aromatic carbocycles. The summed E-state index contributed by atoms with van der Waals surface area (Å²) in [6, 6.07) is 18.8. The van der Waals surface area contributed by atoms with Crippen LogP contribution in [0.2, 0.25) is 0 Å². The third-order valence-electron chi connectivity index (χ3n) is 14.1. The van der Waals surface area contributed by atoms with Crippen molar-refractivity contribution in [2.75, 3.05) is 27.2 Å². The van der Waals surface area contributed by atoms with Crippen LogP contribution in [0.25, 0.3) is 44.5 Å². The Morgan fingerprint density at radius 3 is 2.22 bits per heavy atom. The van der Waals surface area contributed by atoms with Crippen LogP contribution >= 0.6 is 0 Å². The van der Waals surface area contributed by atoms with Gasteiger partial charge in [0.15, 0.2) is 0 Å². The smallest absolute Gasteiger partial charge is 0.407 e. The predicted molar refractivity (Wildman–Crippen MR) is 246 cm³/mol. The zero-order valence-electron chi connectivity index (χ0n) is 38.0. The highest BCUT2D eigenvalue weighted by molar-refractivity contribution is 5.88. The van der Waals surface area contributed by atoms with E-state index in [9.17, 15) is 14.4 Å². The Labute approximate surface area is 375 Å². The summed E-state index contributed by atoms with van der Waals surface area (Å²) in [5, 5.41) is 12.9. The molecule has 7 atom stereocenters. The summed E-state index contributed by atoms with van der Waals surface area (Å²) in [6.07, 6.45) is 7.45. The van der Waals surface area contributed by atoms with Gasteiger partial charge in [-0.05, 0) is 126 Å². The number of carboxylic acid groups (broad SMARTS) is 1. The van der Waals surface area contributed by atoms with Crippen LogP contribution in [0.1, 0.15) is 108 Å². The molecule has 3 amide bonds. The Morgan fingerprint density at radius 1 is 0.859 bits per heavy atom. The Hall–Kier alpha value is -6.02. The van der Waals surface area contributed by atoms with Gasteiger partial charge in [-0.2, -0.15) is 0 Å². The standard InChI is InChI=1S/C49H60N8O4.CH2O2/c1-26(2)43(50-6)47(58)57-25-28(5)21-41(57)45-51-24-39(54-45)30-12-10-29(11-13-30)34-18-17-33(36-22-31-14-16-35(31)42(34)36)32-15-19-37-38(23-32)53-46(52-37)40-9-8-20-56(40)48(59)44(27(3)4)55-49(60)61-7;2-1-3/h10-13,15,17-19,23-24,26-28,31,35,40-41,43-44,50H,8-9,14,16,20-22,25H2,1-7H3,(H,51,54)(H,52,53)(H,55,60);1H,(H,2,3)/t28?,31?,35?,40-,41?,43?,44-;/m0./s1. The number of H-pyrrole nitrogens is 2. The van der Waals surface area contributed by atoms with Crippen LogP contribution in [0.3, 0.4) is 0 Å². The number of carbonyl (C=O) groups is 4. The van der Waals surface area contributed by atoms with Gasteiger partial charge < -0.3 is 40.2 Å². The fourth-order valence-electron chi connectivity index (χ4n) is 10.8. The number of likely N-dealkylation sites (N-methyl/N-ethyl adjacent to an activating group) is 1. The number of benzene rings is 3. The van der Waals surface area contributed by atoms with E-state index in [4.69, 9.17) is 24.6 Å². The molecule has 14 nitrogen and oxygen atoms in total. The van der Waals surface area contributed by atoms with Crippen LogP contribution in [-0.2, 0) is 25.5 Å². The van der Waals surface area contributed by atoms with Gasteiger partial charge in [0.2, 0.25) is 11.8 Å². The lowest BCUT2D eigenvalue weighted by molar-refractivity contribution is -0.136. The van der Waals surface area contributed by atoms with Gasteiger partial charge in [0, 0.05) is 13.1 Å². The van der Waals surface area contributed by atoms with E-state index in [0.717, 1.165) is 66.2 Å². The first-order chi connectivity index (χ1) is 30.8. The molecular formula is C50H62N8O6. The average Bonchev–Trinajstić information content (AvgIpc) is 4.12. The number of rotatable bonds is 11. The average molecular weight is 871 g/mol. The molecule has 2 aliphatic heterocycles. The number of carbonyl (C=O) groups excluding carboxylic acids is 3. The second kappa shape index (κ2) is 18.6. The largest absolute Gasteiger partial charge is 0.483 e. The molecule has 5 aromatic rings. The summed E-state index contributed by atoms with van der Waals surface area (Å²) in [4.78, 5) is 68.7. The Bertz CT molecular complexity index is 2510. The maximum absolute atomic E-state index is 13.8. The van der Waals surface area contributed by atoms with Gasteiger partial charge >= 0.3 is 6.09 Å². The van der Waals surface area contributed by atoms with E-state index in [-0.39, 0.29) is 48.2 Å². The molecule has 0 radical (unpaired) electrons. The van der Waals surface area contributed by atoms with Gasteiger partial charge in [0.25, 0.3) is 6.47 Å². The molecule has 64 heavy (non-hydrogen) atoms. The van der Waals surface area contributed by atoms with E-state index < -0.39 is 12.1 Å². The van der Waals surface area contributed by atoms with Crippen molar-refractivity contribution in [2.24, 2.45) is 23.7 Å². The van der Waals surface area contributed by atoms with Crippen LogP contribution < -0.4 is 10.6 Å². The van der Waals surface area contributed by atoms with Gasteiger partial charge in [-0.1, -0.05) is 77.1 Å². The third kappa shape index (κ3) is 8.39. The molecule has 0 spiro atoms. The maximum atomic E-state index is 13.8. The van der Waals surface area contributed by atoms with Crippen LogP contribution in [0.15, 0.2) is 60.8 Å². The zero-order chi connectivity index (χ0) is 45.4. The molecule has 3 fully saturated rings. The van der Waals surface area contributed by atoms with Gasteiger partial charge in [0.1, 0.15) is 17.7 Å². The summed E-state index contributed by atoms with van der Waals surface area (Å²) in [5.74, 6) is 3.44. The summed E-state index contributed by atoms with van der Waals surface area (Å²) >= 11 is 0. The number of hydrogen-bond donors (Lipinski definition) is 5. The van der Waals surface area contributed by atoms with Crippen LogP contribution in [0, 0.1) is 23.7 Å². The summed E-state index contributed by atoms with van der Waals surface area (Å²) in [5.41, 5.74) is 11.8. The van der Waals surface area contributed by atoms with Crippen LogP contribution in [0.4, 0.5) is 4.79 Å². The van der Waals surface area contributed by atoms with E-state index >= 15 is 0 Å². The first-order valence-electron chi connectivity index (χ1n) is 22.9. The lowest BCUT2D eigenvalue weighted by atomic mass is 9.73. The molecule has 5 unspecified atom stereocenters. The highest BCUT2D eigenvalue weighted by Crippen LogP contribution is 2.56. The number of aromatic nitrogens is 4. The highest BCUT2D eigenvalue weighted by Gasteiger charge is 2.43. The number of imidazole rings is 2. The predicted octanol–water partition coefficient (Wildman–Crippen LogP) is 8.24. The molecule has 4 aliphatic rings. The van der Waals surface area contributed by atoms with E-state index in [0.29, 0.717) is 24.3 Å². The number of likely N-dealkylation sites (tertiary alicyclic amines) is 2. The first-order valence-corrected chi connectivity index (χ1v) is 22.9. The lowest BCUT2D eigenvalue weighted by Gasteiger charge is -2.31. The van der Waals surface area contributed by atoms with Crippen molar-refractivity contribution in [3.05, 3.63) is 83.6 Å². The molecule has 1 saturated carbocycles. The quantitative estimate of drug-likeness (QED) is 0.0816. The minimum Gasteiger partial charge on any atom is -0.483 e. The van der Waals surface area contributed by atoms with Crippen molar-refractivity contribution in [1.29, 1.82) is 0 Å². The number of fused-ring (bicyclic) bond motifs is 4. The number of amides is 3. The van der Waals surface area contributed by atoms with E-state index in [1.54, 1.807) is 0 Å². The summed E-state index contributed by atoms with van der Waals surface area (Å²) in [6.45, 7) is 11.3. The Balaban J connectivity index is 0.00000182. The minimum atomic E-state index is -0.676. The summed E-state index contributed by atoms with van der Waals surface area (Å²) < 4.78 is 4.82. The van der Waals surface area contributed by atoms with Crippen molar-refractivity contribution in [2.45, 2.75) is 103 Å². The van der Waals surface area contributed by atoms with E-state index in [1.165, 1.54) is 53.3 Å². The molecular weight excluding hydrogens is 809 g/mol. The van der Waals surface area contributed by atoms with Crippen LogP contribution in [-0.4, -0.2) is 98.6 Å². The second-order valence-electron chi connectivity index (χ2n) is 18.8. The summed E-state index contributed by atoms with van der Waals surface area (Å²) in [7, 11) is 3.18.